The summed E-state index contributed by atoms with van der Waals surface area (Å²) in [5, 5.41) is 5.32. The first-order chi connectivity index (χ1) is 9.79. The highest BCUT2D eigenvalue weighted by atomic mass is 35.5. The molecule has 1 N–H and O–H groups in total. The molecule has 2 atom stereocenters. The van der Waals surface area contributed by atoms with Gasteiger partial charge >= 0.3 is 0 Å². The molecule has 0 saturated heterocycles. The molecule has 1 aliphatic heterocycles. The molecule has 0 saturated carbocycles. The van der Waals surface area contributed by atoms with Gasteiger partial charge < -0.3 is 5.43 Å². The number of benzene rings is 2. The number of hydrogen-bond acceptors (Lipinski definition) is 2. The molecule has 2 unspecified atom stereocenters. The predicted octanol–water partition coefficient (Wildman–Crippen LogP) is 4.21. The van der Waals surface area contributed by atoms with Crippen LogP contribution in [0.4, 0.5) is 0 Å². The second-order valence-electron chi connectivity index (χ2n) is 5.04. The summed E-state index contributed by atoms with van der Waals surface area (Å²) in [6, 6.07) is 18.8. The zero-order chi connectivity index (χ0) is 13.9. The van der Waals surface area contributed by atoms with E-state index in [2.05, 4.69) is 41.7 Å². The molecule has 0 aliphatic carbocycles. The zero-order valence-corrected chi connectivity index (χ0v) is 12.1. The summed E-state index contributed by atoms with van der Waals surface area (Å²) in [6.45, 7) is 2.19. The van der Waals surface area contributed by atoms with Crippen LogP contribution in [0.25, 0.3) is 0 Å². The molecule has 3 heteroatoms. The molecule has 0 amide bonds. The quantitative estimate of drug-likeness (QED) is 0.897. The summed E-state index contributed by atoms with van der Waals surface area (Å²) < 4.78 is 0. The van der Waals surface area contributed by atoms with Crippen molar-refractivity contribution in [3.8, 4) is 0 Å². The third-order valence-electron chi connectivity index (χ3n) is 3.79. The van der Waals surface area contributed by atoms with E-state index in [1.807, 2.05) is 30.3 Å². The third kappa shape index (κ3) is 2.44. The minimum Gasteiger partial charge on any atom is -0.306 e. The van der Waals surface area contributed by atoms with Gasteiger partial charge in [0.15, 0.2) is 0 Å². The summed E-state index contributed by atoms with van der Waals surface area (Å²) in [6.07, 6.45) is 1.04. The minimum absolute atomic E-state index is 0.294. The van der Waals surface area contributed by atoms with E-state index in [9.17, 15) is 0 Å². The number of nitrogens with zero attached hydrogens (tertiary/aromatic N) is 1. The van der Waals surface area contributed by atoms with Crippen molar-refractivity contribution in [2.24, 2.45) is 5.10 Å². The first kappa shape index (κ1) is 13.2. The molecule has 20 heavy (non-hydrogen) atoms. The molecule has 3 rings (SSSR count). The maximum absolute atomic E-state index is 5.97. The van der Waals surface area contributed by atoms with Crippen LogP contribution in [0.5, 0.6) is 0 Å². The van der Waals surface area contributed by atoms with Crippen LogP contribution >= 0.6 is 11.6 Å². The molecule has 0 fully saturated rings. The number of rotatable bonds is 3. The van der Waals surface area contributed by atoms with E-state index < -0.39 is 0 Å². The molecule has 2 nitrogen and oxygen atoms in total. The lowest BCUT2D eigenvalue weighted by Gasteiger charge is -2.20. The smallest absolute Gasteiger partial charge is 0.0771 e. The van der Waals surface area contributed by atoms with Gasteiger partial charge in [0.2, 0.25) is 0 Å². The number of nitrogens with one attached hydrogen (secondary N) is 1. The van der Waals surface area contributed by atoms with Gasteiger partial charge in [-0.05, 0) is 29.7 Å². The molecule has 1 aliphatic rings. The van der Waals surface area contributed by atoms with Crippen molar-refractivity contribution in [1.29, 1.82) is 0 Å². The number of halogens is 1. The van der Waals surface area contributed by atoms with Crippen LogP contribution in [0.3, 0.4) is 0 Å². The molecular formula is C17H17ClN2. The van der Waals surface area contributed by atoms with Gasteiger partial charge in [0.05, 0.1) is 17.7 Å². The normalized spacial score (nSPS) is 21.4. The van der Waals surface area contributed by atoms with Gasteiger partial charge in [-0.15, -0.1) is 0 Å². The Balaban J connectivity index is 1.99. The Morgan fingerprint density at radius 3 is 2.40 bits per heavy atom. The Kier molecular flexibility index (Phi) is 3.75. The summed E-state index contributed by atoms with van der Waals surface area (Å²) in [4.78, 5) is 0. The Hall–Kier alpha value is -1.80. The lowest BCUT2D eigenvalue weighted by Crippen LogP contribution is -2.27. The van der Waals surface area contributed by atoms with Crippen molar-refractivity contribution in [3.05, 3.63) is 70.7 Å². The average molecular weight is 285 g/mol. The SMILES string of the molecule is CCC1NN=C(c2ccc(Cl)cc2)C1c1ccccc1. The fourth-order valence-corrected chi connectivity index (χ4v) is 2.86. The van der Waals surface area contributed by atoms with Gasteiger partial charge in [0, 0.05) is 5.02 Å². The van der Waals surface area contributed by atoms with E-state index in [1.54, 1.807) is 0 Å². The van der Waals surface area contributed by atoms with Gasteiger partial charge in [-0.3, -0.25) is 0 Å². The van der Waals surface area contributed by atoms with E-state index >= 15 is 0 Å². The monoisotopic (exact) mass is 284 g/mol. The highest BCUT2D eigenvalue weighted by Crippen LogP contribution is 2.30. The lowest BCUT2D eigenvalue weighted by molar-refractivity contribution is 0.528. The van der Waals surface area contributed by atoms with Crippen molar-refractivity contribution in [2.45, 2.75) is 25.3 Å². The van der Waals surface area contributed by atoms with Gasteiger partial charge in [-0.2, -0.15) is 5.10 Å². The van der Waals surface area contributed by atoms with Crippen LogP contribution in [0, 0.1) is 0 Å². The van der Waals surface area contributed by atoms with Crippen LogP contribution in [0.1, 0.15) is 30.4 Å². The third-order valence-corrected chi connectivity index (χ3v) is 4.04. The summed E-state index contributed by atoms with van der Waals surface area (Å²) >= 11 is 5.97. The van der Waals surface area contributed by atoms with E-state index in [-0.39, 0.29) is 0 Å². The Labute approximate surface area is 124 Å². The standard InChI is InChI=1S/C17H17ClN2/c1-2-15-16(12-6-4-3-5-7-12)17(20-19-15)13-8-10-14(18)11-9-13/h3-11,15-16,19H,2H2,1H3. The molecule has 1 heterocycles. The number of hydrogen-bond donors (Lipinski definition) is 1. The van der Waals surface area contributed by atoms with Gasteiger partial charge in [0.25, 0.3) is 0 Å². The van der Waals surface area contributed by atoms with Crippen molar-refractivity contribution in [1.82, 2.24) is 5.43 Å². The molecular weight excluding hydrogens is 268 g/mol. The van der Waals surface area contributed by atoms with E-state index in [4.69, 9.17) is 11.6 Å². The van der Waals surface area contributed by atoms with Crippen molar-refractivity contribution in [2.75, 3.05) is 0 Å². The number of hydrazone groups is 1. The molecule has 102 valence electrons. The second kappa shape index (κ2) is 5.68. The first-order valence-electron chi connectivity index (χ1n) is 6.93. The summed E-state index contributed by atoms with van der Waals surface area (Å²) in [5.41, 5.74) is 6.80. The fraction of sp³-hybridized carbons (Fsp3) is 0.235. The van der Waals surface area contributed by atoms with Crippen molar-refractivity contribution in [3.63, 3.8) is 0 Å². The van der Waals surface area contributed by atoms with Crippen LogP contribution in [-0.2, 0) is 0 Å². The van der Waals surface area contributed by atoms with Crippen LogP contribution in [-0.4, -0.2) is 11.8 Å². The van der Waals surface area contributed by atoms with Crippen LogP contribution in [0.15, 0.2) is 59.7 Å². The maximum Gasteiger partial charge on any atom is 0.0771 e. The highest BCUT2D eigenvalue weighted by Gasteiger charge is 2.32. The minimum atomic E-state index is 0.294. The molecule has 0 radical (unpaired) electrons. The van der Waals surface area contributed by atoms with Crippen molar-refractivity contribution < 1.29 is 0 Å². The molecule has 0 bridgehead atoms. The summed E-state index contributed by atoms with van der Waals surface area (Å²) in [5.74, 6) is 0.294. The highest BCUT2D eigenvalue weighted by molar-refractivity contribution is 6.30. The van der Waals surface area contributed by atoms with Crippen LogP contribution in [0.2, 0.25) is 5.02 Å². The maximum atomic E-state index is 5.97. The molecule has 2 aromatic carbocycles. The summed E-state index contributed by atoms with van der Waals surface area (Å²) in [7, 11) is 0. The molecule has 0 aromatic heterocycles. The largest absolute Gasteiger partial charge is 0.306 e. The zero-order valence-electron chi connectivity index (χ0n) is 11.4. The average Bonchev–Trinajstić information content (AvgIpc) is 2.93. The first-order valence-corrected chi connectivity index (χ1v) is 7.31. The van der Waals surface area contributed by atoms with Gasteiger partial charge in [0.1, 0.15) is 0 Å². The Bertz CT molecular complexity index is 605. The predicted molar refractivity (Wildman–Crippen MR) is 84.4 cm³/mol. The second-order valence-corrected chi connectivity index (χ2v) is 5.47. The van der Waals surface area contributed by atoms with Gasteiger partial charge in [-0.25, -0.2) is 0 Å². The molecule has 0 spiro atoms. The van der Waals surface area contributed by atoms with Crippen LogP contribution < -0.4 is 5.43 Å². The van der Waals surface area contributed by atoms with E-state index in [1.165, 1.54) is 5.56 Å². The topological polar surface area (TPSA) is 24.4 Å². The van der Waals surface area contributed by atoms with Crippen molar-refractivity contribution >= 4 is 17.3 Å². The van der Waals surface area contributed by atoms with E-state index in [0.29, 0.717) is 12.0 Å². The lowest BCUT2D eigenvalue weighted by atomic mass is 9.84. The Morgan fingerprint density at radius 1 is 1.05 bits per heavy atom. The Morgan fingerprint density at radius 2 is 1.75 bits per heavy atom. The fourth-order valence-electron chi connectivity index (χ4n) is 2.73. The van der Waals surface area contributed by atoms with Gasteiger partial charge in [-0.1, -0.05) is 61.0 Å². The molecule has 2 aromatic rings. The van der Waals surface area contributed by atoms with E-state index in [0.717, 1.165) is 22.7 Å².